The third kappa shape index (κ3) is 4.62. The van der Waals surface area contributed by atoms with E-state index in [9.17, 15) is 14.7 Å². The Morgan fingerprint density at radius 2 is 1.62 bits per heavy atom. The van der Waals surface area contributed by atoms with Gasteiger partial charge in [0.1, 0.15) is 5.76 Å². The highest BCUT2D eigenvalue weighted by Crippen LogP contribution is 2.40. The zero-order valence-electron chi connectivity index (χ0n) is 20.1. The van der Waals surface area contributed by atoms with Crippen molar-refractivity contribution in [2.75, 3.05) is 13.2 Å². The van der Waals surface area contributed by atoms with Gasteiger partial charge in [0, 0.05) is 12.1 Å². The summed E-state index contributed by atoms with van der Waals surface area (Å²) < 4.78 is 5.67. The molecule has 5 heteroatoms. The van der Waals surface area contributed by atoms with Crippen LogP contribution in [0.2, 0.25) is 0 Å². The molecule has 1 unspecified atom stereocenters. The first kappa shape index (κ1) is 23.7. The molecular weight excluding hydrogens is 426 g/mol. The average Bonchev–Trinajstić information content (AvgIpc) is 3.08. The van der Waals surface area contributed by atoms with Crippen LogP contribution in [0.15, 0.2) is 72.3 Å². The van der Waals surface area contributed by atoms with Crippen LogP contribution < -0.4 is 0 Å². The maximum absolute atomic E-state index is 13.2. The van der Waals surface area contributed by atoms with Gasteiger partial charge in [0.05, 0.1) is 24.3 Å². The Morgan fingerprint density at radius 3 is 2.26 bits per heavy atom. The number of ketones is 1. The summed E-state index contributed by atoms with van der Waals surface area (Å²) in [5.74, 6) is -1.09. The number of aliphatic hydroxyl groups is 1. The quantitative estimate of drug-likeness (QED) is 0.276. The summed E-state index contributed by atoms with van der Waals surface area (Å²) in [5.41, 5.74) is 2.58. The van der Waals surface area contributed by atoms with Crippen LogP contribution in [0.1, 0.15) is 56.3 Å². The number of rotatable bonds is 7. The molecule has 0 aliphatic carbocycles. The molecule has 1 N–H and O–H groups in total. The molecule has 3 aromatic rings. The van der Waals surface area contributed by atoms with E-state index in [0.717, 1.165) is 16.3 Å². The highest BCUT2D eigenvalue weighted by Gasteiger charge is 2.45. The van der Waals surface area contributed by atoms with Crippen LogP contribution in [-0.4, -0.2) is 41.0 Å². The number of Topliss-reactive ketones (excluding diaryl/α,β-unsaturated/α-hetero) is 1. The van der Waals surface area contributed by atoms with Crippen molar-refractivity contribution in [3.63, 3.8) is 0 Å². The normalized spacial score (nSPS) is 17.9. The molecule has 5 nitrogen and oxygen atoms in total. The largest absolute Gasteiger partial charge is 0.507 e. The first-order valence-corrected chi connectivity index (χ1v) is 11.8. The van der Waals surface area contributed by atoms with Crippen LogP contribution in [0.4, 0.5) is 0 Å². The maximum atomic E-state index is 13.2. The Morgan fingerprint density at radius 1 is 0.941 bits per heavy atom. The van der Waals surface area contributed by atoms with E-state index in [4.69, 9.17) is 4.74 Å². The molecule has 34 heavy (non-hydrogen) atoms. The van der Waals surface area contributed by atoms with E-state index in [2.05, 4.69) is 13.8 Å². The van der Waals surface area contributed by atoms with Crippen molar-refractivity contribution in [1.29, 1.82) is 0 Å². The molecule has 0 saturated carbocycles. The molecule has 1 heterocycles. The second kappa shape index (κ2) is 9.82. The number of likely N-dealkylation sites (tertiary alicyclic amines) is 1. The van der Waals surface area contributed by atoms with E-state index in [0.29, 0.717) is 18.1 Å². The first-order valence-electron chi connectivity index (χ1n) is 11.8. The molecule has 0 spiro atoms. The van der Waals surface area contributed by atoms with Gasteiger partial charge in [-0.3, -0.25) is 9.59 Å². The lowest BCUT2D eigenvalue weighted by Crippen LogP contribution is -2.33. The third-order valence-electron chi connectivity index (χ3n) is 6.27. The van der Waals surface area contributed by atoms with Gasteiger partial charge in [-0.2, -0.15) is 0 Å². The summed E-state index contributed by atoms with van der Waals surface area (Å²) in [6.07, 6.45) is 0.0122. The molecule has 1 aliphatic rings. The predicted octanol–water partition coefficient (Wildman–Crippen LogP) is 5.81. The van der Waals surface area contributed by atoms with E-state index >= 15 is 0 Å². The number of fused-ring (bicyclic) bond motifs is 1. The summed E-state index contributed by atoms with van der Waals surface area (Å²) in [6, 6.07) is 20.6. The van der Waals surface area contributed by atoms with Gasteiger partial charge in [0.2, 0.25) is 0 Å². The van der Waals surface area contributed by atoms with Crippen molar-refractivity contribution in [2.24, 2.45) is 0 Å². The molecule has 1 aliphatic heterocycles. The Hall–Kier alpha value is -3.44. The lowest BCUT2D eigenvalue weighted by Gasteiger charge is -2.26. The average molecular weight is 458 g/mol. The van der Waals surface area contributed by atoms with Gasteiger partial charge in [-0.05, 0) is 47.7 Å². The topological polar surface area (TPSA) is 66.8 Å². The molecule has 176 valence electrons. The molecule has 1 atom stereocenters. The van der Waals surface area contributed by atoms with Gasteiger partial charge in [0.15, 0.2) is 0 Å². The van der Waals surface area contributed by atoms with Crippen molar-refractivity contribution in [1.82, 2.24) is 4.90 Å². The Kier molecular flexibility index (Phi) is 6.85. The van der Waals surface area contributed by atoms with Crippen LogP contribution in [0, 0.1) is 0 Å². The molecule has 1 saturated heterocycles. The number of carbonyl (C=O) groups excluding carboxylic acids is 2. The summed E-state index contributed by atoms with van der Waals surface area (Å²) >= 11 is 0. The smallest absolute Gasteiger partial charge is 0.295 e. The molecule has 1 amide bonds. The zero-order valence-corrected chi connectivity index (χ0v) is 20.1. The molecule has 4 rings (SSSR count). The SMILES string of the molecule is CC(C)OCCN1C(=O)C(=O)/C(=C(\O)c2ccc3ccccc3c2)C1c1ccc(C(C)C)cc1. The zero-order chi connectivity index (χ0) is 24.4. The minimum Gasteiger partial charge on any atom is -0.507 e. The van der Waals surface area contributed by atoms with Gasteiger partial charge < -0.3 is 14.7 Å². The molecular formula is C29H31NO4. The van der Waals surface area contributed by atoms with E-state index < -0.39 is 17.7 Å². The number of carbonyl (C=O) groups is 2. The molecule has 1 fully saturated rings. The van der Waals surface area contributed by atoms with Gasteiger partial charge in [-0.15, -0.1) is 0 Å². The minimum absolute atomic E-state index is 0.0122. The molecule has 3 aromatic carbocycles. The van der Waals surface area contributed by atoms with E-state index in [1.165, 1.54) is 10.5 Å². The summed E-state index contributed by atoms with van der Waals surface area (Å²) in [4.78, 5) is 27.8. The Balaban J connectivity index is 1.81. The van der Waals surface area contributed by atoms with Crippen LogP contribution in [-0.2, 0) is 14.3 Å². The molecule has 0 aromatic heterocycles. The van der Waals surface area contributed by atoms with Crippen LogP contribution in [0.3, 0.4) is 0 Å². The highest BCUT2D eigenvalue weighted by atomic mass is 16.5. The number of benzene rings is 3. The van der Waals surface area contributed by atoms with Crippen molar-refractivity contribution in [3.05, 3.63) is 89.0 Å². The first-order chi connectivity index (χ1) is 16.3. The fourth-order valence-electron chi connectivity index (χ4n) is 4.40. The maximum Gasteiger partial charge on any atom is 0.295 e. The van der Waals surface area contributed by atoms with Gasteiger partial charge in [-0.1, -0.05) is 74.5 Å². The van der Waals surface area contributed by atoms with Crippen molar-refractivity contribution in [3.8, 4) is 0 Å². The summed E-state index contributed by atoms with van der Waals surface area (Å²) in [7, 11) is 0. The van der Waals surface area contributed by atoms with E-state index in [1.54, 1.807) is 6.07 Å². The van der Waals surface area contributed by atoms with Crippen LogP contribution in [0.25, 0.3) is 16.5 Å². The van der Waals surface area contributed by atoms with E-state index in [1.807, 2.05) is 74.5 Å². The van der Waals surface area contributed by atoms with Crippen molar-refractivity contribution < 1.29 is 19.4 Å². The predicted molar refractivity (Wildman–Crippen MR) is 135 cm³/mol. The number of hydrogen-bond acceptors (Lipinski definition) is 4. The van der Waals surface area contributed by atoms with Crippen LogP contribution >= 0.6 is 0 Å². The number of hydrogen-bond donors (Lipinski definition) is 1. The monoisotopic (exact) mass is 457 g/mol. The fourth-order valence-corrected chi connectivity index (χ4v) is 4.40. The van der Waals surface area contributed by atoms with Gasteiger partial charge in [0.25, 0.3) is 11.7 Å². The number of nitrogens with zero attached hydrogens (tertiary/aromatic N) is 1. The summed E-state index contributed by atoms with van der Waals surface area (Å²) in [6.45, 7) is 8.65. The fraction of sp³-hybridized carbons (Fsp3) is 0.310. The number of aliphatic hydroxyl groups excluding tert-OH is 1. The minimum atomic E-state index is -0.677. The summed E-state index contributed by atoms with van der Waals surface area (Å²) in [5, 5.41) is 13.3. The lowest BCUT2D eigenvalue weighted by molar-refractivity contribution is -0.140. The van der Waals surface area contributed by atoms with Gasteiger partial charge in [-0.25, -0.2) is 0 Å². The number of ether oxygens (including phenoxy) is 1. The second-order valence-electron chi connectivity index (χ2n) is 9.30. The Bertz CT molecular complexity index is 1240. The molecule has 0 radical (unpaired) electrons. The second-order valence-corrected chi connectivity index (χ2v) is 9.30. The Labute approximate surface area is 200 Å². The van der Waals surface area contributed by atoms with E-state index in [-0.39, 0.29) is 24.0 Å². The standard InChI is InChI=1S/C29H31NO4/c1-18(2)20-9-12-22(13-10-20)26-25(28(32)29(33)30(26)15-16-34-19(3)4)27(31)24-14-11-21-7-5-6-8-23(21)17-24/h5-14,17-19,26,31H,15-16H2,1-4H3/b27-25-. The van der Waals surface area contributed by atoms with Gasteiger partial charge >= 0.3 is 0 Å². The number of amides is 1. The third-order valence-corrected chi connectivity index (χ3v) is 6.27. The lowest BCUT2D eigenvalue weighted by atomic mass is 9.93. The molecule has 0 bridgehead atoms. The van der Waals surface area contributed by atoms with Crippen LogP contribution in [0.5, 0.6) is 0 Å². The van der Waals surface area contributed by atoms with Crippen molar-refractivity contribution in [2.45, 2.75) is 45.8 Å². The van der Waals surface area contributed by atoms with Crippen molar-refractivity contribution >= 4 is 28.2 Å². The highest BCUT2D eigenvalue weighted by molar-refractivity contribution is 6.46.